The van der Waals surface area contributed by atoms with Crippen molar-refractivity contribution in [2.75, 3.05) is 0 Å². The Balaban J connectivity index is 2.55. The van der Waals surface area contributed by atoms with Gasteiger partial charge in [-0.05, 0) is 5.41 Å². The van der Waals surface area contributed by atoms with Crippen LogP contribution in [0, 0.1) is 5.41 Å². The van der Waals surface area contributed by atoms with Crippen LogP contribution in [0.2, 0.25) is 0 Å². The molecule has 0 radical (unpaired) electrons. The van der Waals surface area contributed by atoms with Gasteiger partial charge in [0, 0.05) is 0 Å². The molecule has 0 unspecified atom stereocenters. The van der Waals surface area contributed by atoms with E-state index in [0.717, 1.165) is 0 Å². The molecule has 0 fully saturated rings. The highest BCUT2D eigenvalue weighted by Gasteiger charge is 2.27. The number of hydrogen-bond acceptors (Lipinski definition) is 6. The Morgan fingerprint density at radius 1 is 1.44 bits per heavy atom. The van der Waals surface area contributed by atoms with E-state index in [2.05, 4.69) is 15.5 Å². The van der Waals surface area contributed by atoms with Crippen LogP contribution in [-0.4, -0.2) is 33.2 Å². The van der Waals surface area contributed by atoms with Crippen LogP contribution in [0.5, 0.6) is 0 Å². The summed E-state index contributed by atoms with van der Waals surface area (Å²) in [6.07, 6.45) is 0. The second-order valence-corrected chi connectivity index (χ2v) is 4.87. The number of nitrogens with zero attached hydrogens (tertiary/aromatic N) is 2. The maximum atomic E-state index is 11.7. The lowest BCUT2D eigenvalue weighted by molar-refractivity contribution is -0.124. The maximum Gasteiger partial charge on any atom is 0.393 e. The molecule has 0 bridgehead atoms. The van der Waals surface area contributed by atoms with Gasteiger partial charge < -0.3 is 20.6 Å². The Hall–Kier alpha value is -1.96. The fraction of sp³-hybridized carbons (Fsp3) is 0.600. The Kier molecular flexibility index (Phi) is 4.02. The standard InChI is InChI=1S/C10H16N4O4/c1-10(2,3)6(11)7(15)12-4-5-13-14-8(18-5)9(16)17/h6H,4,11H2,1-3H3,(H,12,15)(H,16,17)/t6-/m1/s1. The molecule has 0 spiro atoms. The first-order valence-electron chi connectivity index (χ1n) is 5.31. The second-order valence-electron chi connectivity index (χ2n) is 4.87. The van der Waals surface area contributed by atoms with Gasteiger partial charge in [-0.15, -0.1) is 10.2 Å². The van der Waals surface area contributed by atoms with Gasteiger partial charge in [0.15, 0.2) is 0 Å². The van der Waals surface area contributed by atoms with Crippen LogP contribution in [0.4, 0.5) is 0 Å². The molecule has 18 heavy (non-hydrogen) atoms. The molecular weight excluding hydrogens is 240 g/mol. The minimum Gasteiger partial charge on any atom is -0.474 e. The smallest absolute Gasteiger partial charge is 0.393 e. The highest BCUT2D eigenvalue weighted by Crippen LogP contribution is 2.17. The number of aromatic carboxylic acids is 1. The number of aromatic nitrogens is 2. The zero-order valence-electron chi connectivity index (χ0n) is 10.4. The summed E-state index contributed by atoms with van der Waals surface area (Å²) < 4.78 is 4.78. The number of nitrogens with two attached hydrogens (primary N) is 1. The van der Waals surface area contributed by atoms with E-state index < -0.39 is 17.9 Å². The van der Waals surface area contributed by atoms with Crippen molar-refractivity contribution in [2.24, 2.45) is 11.1 Å². The Morgan fingerprint density at radius 2 is 2.06 bits per heavy atom. The van der Waals surface area contributed by atoms with Gasteiger partial charge in [-0.3, -0.25) is 4.79 Å². The first-order chi connectivity index (χ1) is 8.21. The molecule has 1 aromatic heterocycles. The number of nitrogens with one attached hydrogen (secondary N) is 1. The van der Waals surface area contributed by atoms with Crippen LogP contribution in [0.1, 0.15) is 37.3 Å². The van der Waals surface area contributed by atoms with E-state index >= 15 is 0 Å². The van der Waals surface area contributed by atoms with Crippen LogP contribution in [0.25, 0.3) is 0 Å². The van der Waals surface area contributed by atoms with Crippen molar-refractivity contribution >= 4 is 11.9 Å². The summed E-state index contributed by atoms with van der Waals surface area (Å²) in [6, 6.07) is -0.681. The zero-order valence-corrected chi connectivity index (χ0v) is 10.4. The normalized spacial score (nSPS) is 13.1. The number of carboxylic acid groups (broad SMARTS) is 1. The molecule has 100 valence electrons. The third-order valence-corrected chi connectivity index (χ3v) is 2.28. The molecule has 8 nitrogen and oxygen atoms in total. The SMILES string of the molecule is CC(C)(C)[C@H](N)C(=O)NCc1nnc(C(=O)O)o1. The third kappa shape index (κ3) is 3.52. The zero-order chi connectivity index (χ0) is 13.9. The monoisotopic (exact) mass is 256 g/mol. The van der Waals surface area contributed by atoms with Crippen molar-refractivity contribution in [3.63, 3.8) is 0 Å². The predicted molar refractivity (Wildman–Crippen MR) is 60.5 cm³/mol. The molecule has 1 atom stereocenters. The Bertz CT molecular complexity index is 449. The fourth-order valence-corrected chi connectivity index (χ4v) is 1.08. The minimum atomic E-state index is -1.31. The topological polar surface area (TPSA) is 131 Å². The molecule has 4 N–H and O–H groups in total. The number of amides is 1. The molecule has 8 heteroatoms. The van der Waals surface area contributed by atoms with E-state index in [4.69, 9.17) is 15.3 Å². The van der Waals surface area contributed by atoms with Crippen molar-refractivity contribution in [1.82, 2.24) is 15.5 Å². The van der Waals surface area contributed by atoms with Crippen LogP contribution < -0.4 is 11.1 Å². The van der Waals surface area contributed by atoms with Crippen LogP contribution >= 0.6 is 0 Å². The summed E-state index contributed by atoms with van der Waals surface area (Å²) in [5, 5.41) is 17.8. The average molecular weight is 256 g/mol. The molecule has 0 saturated carbocycles. The highest BCUT2D eigenvalue weighted by molar-refractivity contribution is 5.82. The van der Waals surface area contributed by atoms with Crippen molar-refractivity contribution in [3.8, 4) is 0 Å². The average Bonchev–Trinajstić information content (AvgIpc) is 2.72. The maximum absolute atomic E-state index is 11.7. The molecular formula is C10H16N4O4. The van der Waals surface area contributed by atoms with Gasteiger partial charge in [-0.25, -0.2) is 4.79 Å². The molecule has 1 rings (SSSR count). The van der Waals surface area contributed by atoms with Crippen molar-refractivity contribution in [3.05, 3.63) is 11.8 Å². The van der Waals surface area contributed by atoms with Gasteiger partial charge in [-0.1, -0.05) is 20.8 Å². The Morgan fingerprint density at radius 3 is 2.50 bits per heavy atom. The van der Waals surface area contributed by atoms with Gasteiger partial charge >= 0.3 is 11.9 Å². The predicted octanol–water partition coefficient (Wildman–Crippen LogP) is -0.243. The van der Waals surface area contributed by atoms with E-state index in [1.807, 2.05) is 20.8 Å². The lowest BCUT2D eigenvalue weighted by Gasteiger charge is -2.25. The molecule has 0 saturated heterocycles. The number of carbonyl (C=O) groups is 2. The van der Waals surface area contributed by atoms with Gasteiger partial charge in [0.1, 0.15) is 0 Å². The quantitative estimate of drug-likeness (QED) is 0.677. The molecule has 0 aromatic carbocycles. The molecule has 0 aliphatic heterocycles. The number of carbonyl (C=O) groups excluding carboxylic acids is 1. The lowest BCUT2D eigenvalue weighted by atomic mass is 9.87. The van der Waals surface area contributed by atoms with E-state index in [1.165, 1.54) is 0 Å². The van der Waals surface area contributed by atoms with Crippen molar-refractivity contribution in [1.29, 1.82) is 0 Å². The summed E-state index contributed by atoms with van der Waals surface area (Å²) in [6.45, 7) is 5.47. The highest BCUT2D eigenvalue weighted by atomic mass is 16.4. The minimum absolute atomic E-state index is 0.0156. The summed E-state index contributed by atoms with van der Waals surface area (Å²) in [5.74, 6) is -2.18. The first-order valence-corrected chi connectivity index (χ1v) is 5.31. The van der Waals surface area contributed by atoms with Crippen LogP contribution in [-0.2, 0) is 11.3 Å². The van der Waals surface area contributed by atoms with Gasteiger partial charge in [0.05, 0.1) is 12.6 Å². The second kappa shape index (κ2) is 5.13. The molecule has 1 heterocycles. The summed E-state index contributed by atoms with van der Waals surface area (Å²) >= 11 is 0. The molecule has 0 aliphatic carbocycles. The number of hydrogen-bond donors (Lipinski definition) is 3. The number of rotatable bonds is 4. The molecule has 1 amide bonds. The Labute approximate surface area is 104 Å². The summed E-state index contributed by atoms with van der Waals surface area (Å²) in [7, 11) is 0. The van der Waals surface area contributed by atoms with Crippen LogP contribution in [0.15, 0.2) is 4.42 Å². The van der Waals surface area contributed by atoms with Crippen LogP contribution in [0.3, 0.4) is 0 Å². The van der Waals surface area contributed by atoms with Crippen molar-refractivity contribution < 1.29 is 19.1 Å². The summed E-state index contributed by atoms with van der Waals surface area (Å²) in [4.78, 5) is 22.1. The van der Waals surface area contributed by atoms with Crippen molar-refractivity contribution in [2.45, 2.75) is 33.4 Å². The first kappa shape index (κ1) is 14.1. The van der Waals surface area contributed by atoms with E-state index in [1.54, 1.807) is 0 Å². The summed E-state index contributed by atoms with van der Waals surface area (Å²) in [5.41, 5.74) is 5.37. The van der Waals surface area contributed by atoms with Gasteiger partial charge in [-0.2, -0.15) is 0 Å². The van der Waals surface area contributed by atoms with E-state index in [9.17, 15) is 9.59 Å². The number of carboxylic acids is 1. The molecule has 1 aromatic rings. The van der Waals surface area contributed by atoms with E-state index in [-0.39, 0.29) is 23.8 Å². The van der Waals surface area contributed by atoms with Gasteiger partial charge in [0.25, 0.3) is 0 Å². The lowest BCUT2D eigenvalue weighted by Crippen LogP contribution is -2.48. The molecule has 0 aliphatic rings. The third-order valence-electron chi connectivity index (χ3n) is 2.28. The fourth-order valence-electron chi connectivity index (χ4n) is 1.08. The van der Waals surface area contributed by atoms with E-state index in [0.29, 0.717) is 0 Å². The van der Waals surface area contributed by atoms with Gasteiger partial charge in [0.2, 0.25) is 11.8 Å². The largest absolute Gasteiger partial charge is 0.474 e.